The highest BCUT2D eigenvalue weighted by molar-refractivity contribution is 5.98. The fraction of sp³-hybridized carbons (Fsp3) is 0.562. The van der Waals surface area contributed by atoms with Crippen LogP contribution in [0.2, 0.25) is 0 Å². The Hall–Kier alpha value is -1.62. The Balaban J connectivity index is 2.11. The molecule has 0 aromatic heterocycles. The highest BCUT2D eigenvalue weighted by Gasteiger charge is 2.28. The fourth-order valence-electron chi connectivity index (χ4n) is 2.82. The molecule has 116 valence electrons. The molecule has 1 aliphatic heterocycles. The summed E-state index contributed by atoms with van der Waals surface area (Å²) in [6, 6.07) is 4.46. The molecule has 0 bridgehead atoms. The number of halogens is 1. The van der Waals surface area contributed by atoms with Crippen molar-refractivity contribution in [1.82, 2.24) is 4.90 Å². The van der Waals surface area contributed by atoms with Gasteiger partial charge in [-0.3, -0.25) is 4.90 Å². The number of piperidine rings is 1. The van der Waals surface area contributed by atoms with E-state index in [1.165, 1.54) is 31.4 Å². The Morgan fingerprint density at radius 3 is 2.67 bits per heavy atom. The van der Waals surface area contributed by atoms with E-state index in [0.717, 1.165) is 18.7 Å². The van der Waals surface area contributed by atoms with E-state index in [-0.39, 0.29) is 11.7 Å². The first kappa shape index (κ1) is 15.8. The van der Waals surface area contributed by atoms with Crippen LogP contribution in [0.3, 0.4) is 0 Å². The summed E-state index contributed by atoms with van der Waals surface area (Å²) in [5.74, 6) is -0.419. The second-order valence-corrected chi connectivity index (χ2v) is 6.23. The van der Waals surface area contributed by atoms with Crippen LogP contribution in [0, 0.1) is 11.2 Å². The van der Waals surface area contributed by atoms with Crippen LogP contribution in [0.25, 0.3) is 0 Å². The molecular formula is C16H24FN3O. The first-order valence-corrected chi connectivity index (χ1v) is 7.46. The van der Waals surface area contributed by atoms with Crippen molar-refractivity contribution in [1.29, 1.82) is 0 Å². The molecule has 1 saturated heterocycles. The number of oxime groups is 1. The average Bonchev–Trinajstić information content (AvgIpc) is 2.50. The van der Waals surface area contributed by atoms with E-state index in [9.17, 15) is 4.39 Å². The van der Waals surface area contributed by atoms with E-state index in [1.807, 2.05) is 0 Å². The molecule has 0 saturated carbocycles. The molecule has 0 spiro atoms. The summed E-state index contributed by atoms with van der Waals surface area (Å²) in [5, 5.41) is 11.8. The molecule has 0 aliphatic carbocycles. The number of nitrogens with zero attached hydrogens (tertiary/aromatic N) is 2. The van der Waals surface area contributed by atoms with Gasteiger partial charge in [-0.05, 0) is 49.0 Å². The maximum absolute atomic E-state index is 13.4. The van der Waals surface area contributed by atoms with Crippen molar-refractivity contribution in [3.63, 3.8) is 0 Å². The predicted molar refractivity (Wildman–Crippen MR) is 81.8 cm³/mol. The molecule has 0 atom stereocenters. The van der Waals surface area contributed by atoms with Gasteiger partial charge in [0.25, 0.3) is 0 Å². The molecule has 1 heterocycles. The van der Waals surface area contributed by atoms with Crippen LogP contribution in [0.1, 0.15) is 44.2 Å². The number of rotatable bonds is 4. The topological polar surface area (TPSA) is 61.8 Å². The largest absolute Gasteiger partial charge is 0.409 e. The maximum Gasteiger partial charge on any atom is 0.170 e. The minimum atomic E-state index is -0.377. The number of amidine groups is 1. The van der Waals surface area contributed by atoms with E-state index in [1.54, 1.807) is 6.07 Å². The molecule has 0 amide bonds. The summed E-state index contributed by atoms with van der Waals surface area (Å²) in [5.41, 5.74) is 7.46. The zero-order valence-corrected chi connectivity index (χ0v) is 12.8. The number of benzene rings is 1. The van der Waals surface area contributed by atoms with Crippen molar-refractivity contribution in [3.05, 3.63) is 35.1 Å². The summed E-state index contributed by atoms with van der Waals surface area (Å²) < 4.78 is 13.4. The Bertz CT molecular complexity index is 522. The summed E-state index contributed by atoms with van der Waals surface area (Å²) in [7, 11) is 0. The highest BCUT2D eigenvalue weighted by atomic mass is 19.1. The quantitative estimate of drug-likeness (QED) is 0.388. The Morgan fingerprint density at radius 2 is 2.10 bits per heavy atom. The molecule has 21 heavy (non-hydrogen) atoms. The number of hydrogen-bond acceptors (Lipinski definition) is 3. The maximum atomic E-state index is 13.4. The van der Waals surface area contributed by atoms with Crippen molar-refractivity contribution >= 4 is 5.84 Å². The highest BCUT2D eigenvalue weighted by Crippen LogP contribution is 2.34. The molecule has 5 heteroatoms. The van der Waals surface area contributed by atoms with Gasteiger partial charge in [0.2, 0.25) is 0 Å². The van der Waals surface area contributed by atoms with Crippen LogP contribution in [-0.2, 0) is 6.54 Å². The van der Waals surface area contributed by atoms with Crippen LogP contribution in [0.5, 0.6) is 0 Å². The normalized spacial score (nSPS) is 19.7. The van der Waals surface area contributed by atoms with E-state index in [2.05, 4.69) is 23.9 Å². The zero-order valence-electron chi connectivity index (χ0n) is 12.8. The summed E-state index contributed by atoms with van der Waals surface area (Å²) in [4.78, 5) is 2.35. The van der Waals surface area contributed by atoms with E-state index < -0.39 is 0 Å². The second kappa shape index (κ2) is 6.43. The third-order valence-corrected chi connectivity index (χ3v) is 4.77. The SMILES string of the molecule is CCC1(C)CCN(Cc2ccc(F)cc2C(N)=NO)CC1. The van der Waals surface area contributed by atoms with Gasteiger partial charge in [0.15, 0.2) is 5.84 Å². The molecule has 1 aliphatic rings. The molecule has 4 nitrogen and oxygen atoms in total. The molecule has 1 aromatic rings. The minimum Gasteiger partial charge on any atom is -0.409 e. The van der Waals surface area contributed by atoms with Crippen molar-refractivity contribution in [2.75, 3.05) is 13.1 Å². The van der Waals surface area contributed by atoms with Gasteiger partial charge in [-0.2, -0.15) is 0 Å². The van der Waals surface area contributed by atoms with Gasteiger partial charge in [-0.25, -0.2) is 4.39 Å². The molecule has 0 radical (unpaired) electrons. The van der Waals surface area contributed by atoms with Gasteiger partial charge in [0.1, 0.15) is 5.82 Å². The van der Waals surface area contributed by atoms with Crippen LogP contribution < -0.4 is 5.73 Å². The average molecular weight is 293 g/mol. The Morgan fingerprint density at radius 1 is 1.43 bits per heavy atom. The summed E-state index contributed by atoms with van der Waals surface area (Å²) >= 11 is 0. The molecule has 1 aromatic carbocycles. The minimum absolute atomic E-state index is 0.0418. The van der Waals surface area contributed by atoms with Crippen molar-refractivity contribution in [2.45, 2.75) is 39.7 Å². The van der Waals surface area contributed by atoms with Crippen LogP contribution >= 0.6 is 0 Å². The van der Waals surface area contributed by atoms with Crippen molar-refractivity contribution in [2.24, 2.45) is 16.3 Å². The van der Waals surface area contributed by atoms with Gasteiger partial charge in [-0.15, -0.1) is 0 Å². The smallest absolute Gasteiger partial charge is 0.170 e. The molecule has 1 fully saturated rings. The lowest BCUT2D eigenvalue weighted by Gasteiger charge is -2.39. The predicted octanol–water partition coefficient (Wildman–Crippen LogP) is 2.93. The van der Waals surface area contributed by atoms with E-state index in [0.29, 0.717) is 17.5 Å². The summed E-state index contributed by atoms with van der Waals surface area (Å²) in [6.07, 6.45) is 3.54. The van der Waals surface area contributed by atoms with Gasteiger partial charge in [-0.1, -0.05) is 31.5 Å². The fourth-order valence-corrected chi connectivity index (χ4v) is 2.82. The third kappa shape index (κ3) is 3.73. The number of nitrogens with two attached hydrogens (primary N) is 1. The van der Waals surface area contributed by atoms with Gasteiger partial charge < -0.3 is 10.9 Å². The van der Waals surface area contributed by atoms with Gasteiger partial charge in [0.05, 0.1) is 0 Å². The van der Waals surface area contributed by atoms with E-state index >= 15 is 0 Å². The third-order valence-electron chi connectivity index (χ3n) is 4.77. The van der Waals surface area contributed by atoms with Crippen LogP contribution in [-0.4, -0.2) is 29.0 Å². The van der Waals surface area contributed by atoms with Gasteiger partial charge in [0, 0.05) is 12.1 Å². The standard InChI is InChI=1S/C16H24FN3O/c1-3-16(2)6-8-20(9-7-16)11-12-4-5-13(17)10-14(12)15(18)19-21/h4-5,10,21H,3,6-9,11H2,1-2H3,(H2,18,19). The monoisotopic (exact) mass is 293 g/mol. The van der Waals surface area contributed by atoms with Gasteiger partial charge >= 0.3 is 0 Å². The van der Waals surface area contributed by atoms with Crippen molar-refractivity contribution < 1.29 is 9.60 Å². The zero-order chi connectivity index (χ0) is 15.5. The lowest BCUT2D eigenvalue weighted by molar-refractivity contribution is 0.109. The first-order valence-electron chi connectivity index (χ1n) is 7.46. The van der Waals surface area contributed by atoms with Crippen molar-refractivity contribution in [3.8, 4) is 0 Å². The Kier molecular flexibility index (Phi) is 4.83. The summed E-state index contributed by atoms with van der Waals surface area (Å²) in [6.45, 7) is 7.33. The lowest BCUT2D eigenvalue weighted by atomic mass is 9.78. The number of likely N-dealkylation sites (tertiary alicyclic amines) is 1. The molecule has 2 rings (SSSR count). The van der Waals surface area contributed by atoms with E-state index in [4.69, 9.17) is 10.9 Å². The molecule has 0 unspecified atom stereocenters. The van der Waals surface area contributed by atoms with Crippen LogP contribution in [0.15, 0.2) is 23.4 Å². The Labute approximate surface area is 125 Å². The molecule has 3 N–H and O–H groups in total. The first-order chi connectivity index (χ1) is 9.97. The molecular weight excluding hydrogens is 269 g/mol. The van der Waals surface area contributed by atoms with Crippen LogP contribution in [0.4, 0.5) is 4.39 Å². The number of hydrogen-bond donors (Lipinski definition) is 2. The lowest BCUT2D eigenvalue weighted by Crippen LogP contribution is -2.38. The second-order valence-electron chi connectivity index (χ2n) is 6.23.